The fraction of sp³-hybridized carbons (Fsp3) is 0.133. The molecule has 2 aromatic carbocycles. The van der Waals surface area contributed by atoms with Crippen LogP contribution in [0.5, 0.6) is 0 Å². The quantitative estimate of drug-likeness (QED) is 0.909. The Morgan fingerprint density at radius 3 is 2.47 bits per heavy atom. The molecular formula is C15H14BrNO2. The van der Waals surface area contributed by atoms with E-state index < -0.39 is 0 Å². The molecular weight excluding hydrogens is 306 g/mol. The molecule has 19 heavy (non-hydrogen) atoms. The molecule has 2 aromatic rings. The molecule has 0 atom stereocenters. The zero-order valence-corrected chi connectivity index (χ0v) is 12.1. The number of carbonyl (C=O) groups is 1. The lowest BCUT2D eigenvalue weighted by atomic mass is 10.1. The molecule has 0 saturated carbocycles. The van der Waals surface area contributed by atoms with Gasteiger partial charge in [0.1, 0.15) is 0 Å². The van der Waals surface area contributed by atoms with Crippen molar-refractivity contribution in [1.82, 2.24) is 0 Å². The first-order chi connectivity index (χ1) is 9.08. The Kier molecular flexibility index (Phi) is 4.35. The molecule has 1 amide bonds. The smallest absolute Gasteiger partial charge is 0.255 e. The first-order valence-corrected chi connectivity index (χ1v) is 6.66. The van der Waals surface area contributed by atoms with Crippen LogP contribution >= 0.6 is 15.9 Å². The monoisotopic (exact) mass is 319 g/mol. The molecule has 2 N–H and O–H groups in total. The predicted octanol–water partition coefficient (Wildman–Crippen LogP) is 3.50. The summed E-state index contributed by atoms with van der Waals surface area (Å²) in [4.78, 5) is 12.1. The number of carbonyl (C=O) groups excluding carboxylic acids is 1. The second-order valence-electron chi connectivity index (χ2n) is 4.33. The minimum absolute atomic E-state index is 0.000939. The third-order valence-corrected chi connectivity index (χ3v) is 3.16. The van der Waals surface area contributed by atoms with Crippen LogP contribution in [0.1, 0.15) is 21.5 Å². The lowest BCUT2D eigenvalue weighted by Crippen LogP contribution is -2.12. The van der Waals surface area contributed by atoms with Crippen LogP contribution in [-0.2, 0) is 6.61 Å². The SMILES string of the molecule is Cc1cc(Br)cc(C(=O)Nc2ccc(CO)cc2)c1. The highest BCUT2D eigenvalue weighted by Crippen LogP contribution is 2.17. The van der Waals surface area contributed by atoms with Crippen LogP contribution in [-0.4, -0.2) is 11.0 Å². The second kappa shape index (κ2) is 5.99. The Morgan fingerprint density at radius 2 is 1.89 bits per heavy atom. The minimum atomic E-state index is -0.152. The van der Waals surface area contributed by atoms with Crippen LogP contribution in [0, 0.1) is 6.92 Å². The minimum Gasteiger partial charge on any atom is -0.392 e. The van der Waals surface area contributed by atoms with E-state index in [1.165, 1.54) is 0 Å². The summed E-state index contributed by atoms with van der Waals surface area (Å²) in [6.45, 7) is 1.94. The molecule has 0 spiro atoms. The van der Waals surface area contributed by atoms with Crippen molar-refractivity contribution in [3.05, 3.63) is 63.6 Å². The van der Waals surface area contributed by atoms with E-state index in [-0.39, 0.29) is 12.5 Å². The fourth-order valence-electron chi connectivity index (χ4n) is 1.76. The van der Waals surface area contributed by atoms with Gasteiger partial charge in [-0.1, -0.05) is 28.1 Å². The highest BCUT2D eigenvalue weighted by atomic mass is 79.9. The van der Waals surface area contributed by atoms with E-state index in [1.54, 1.807) is 30.3 Å². The van der Waals surface area contributed by atoms with Gasteiger partial charge in [0.2, 0.25) is 0 Å². The second-order valence-corrected chi connectivity index (χ2v) is 5.24. The highest BCUT2D eigenvalue weighted by molar-refractivity contribution is 9.10. The van der Waals surface area contributed by atoms with Crippen molar-refractivity contribution >= 4 is 27.5 Å². The summed E-state index contributed by atoms with van der Waals surface area (Å²) in [5.41, 5.74) is 3.16. The number of hydrogen-bond acceptors (Lipinski definition) is 2. The summed E-state index contributed by atoms with van der Waals surface area (Å²) in [7, 11) is 0. The molecule has 0 unspecified atom stereocenters. The first-order valence-electron chi connectivity index (χ1n) is 5.87. The van der Waals surface area contributed by atoms with Crippen LogP contribution in [0.15, 0.2) is 46.9 Å². The molecule has 3 nitrogen and oxygen atoms in total. The molecule has 0 aromatic heterocycles. The lowest BCUT2D eigenvalue weighted by molar-refractivity contribution is 0.102. The number of aryl methyl sites for hydroxylation is 1. The predicted molar refractivity (Wildman–Crippen MR) is 79.2 cm³/mol. The molecule has 98 valence electrons. The number of anilines is 1. The van der Waals surface area contributed by atoms with E-state index in [9.17, 15) is 4.79 Å². The number of benzene rings is 2. The number of nitrogens with one attached hydrogen (secondary N) is 1. The fourth-order valence-corrected chi connectivity index (χ4v) is 2.37. The number of amides is 1. The van der Waals surface area contributed by atoms with Crippen molar-refractivity contribution in [3.8, 4) is 0 Å². The average Bonchev–Trinajstić information content (AvgIpc) is 2.38. The van der Waals surface area contributed by atoms with Gasteiger partial charge in [0, 0.05) is 15.7 Å². The Bertz CT molecular complexity index is 573. The van der Waals surface area contributed by atoms with Gasteiger partial charge in [-0.25, -0.2) is 0 Å². The van der Waals surface area contributed by atoms with Crippen LogP contribution in [0.2, 0.25) is 0 Å². The van der Waals surface area contributed by atoms with E-state index in [4.69, 9.17) is 5.11 Å². The van der Waals surface area contributed by atoms with Crippen LogP contribution in [0.4, 0.5) is 5.69 Å². The third-order valence-electron chi connectivity index (χ3n) is 2.70. The van der Waals surface area contributed by atoms with Crippen molar-refractivity contribution in [3.63, 3.8) is 0 Å². The van der Waals surface area contributed by atoms with E-state index in [1.807, 2.05) is 19.1 Å². The molecule has 0 heterocycles. The molecule has 0 bridgehead atoms. The first kappa shape index (κ1) is 13.8. The number of hydrogen-bond donors (Lipinski definition) is 2. The molecule has 0 saturated heterocycles. The van der Waals surface area contributed by atoms with Gasteiger partial charge >= 0.3 is 0 Å². The molecule has 0 aliphatic carbocycles. The Morgan fingerprint density at radius 1 is 1.21 bits per heavy atom. The molecule has 0 aliphatic rings. The Labute approximate surface area is 120 Å². The standard InChI is InChI=1S/C15H14BrNO2/c1-10-6-12(8-13(16)7-10)15(19)17-14-4-2-11(9-18)3-5-14/h2-8,18H,9H2,1H3,(H,17,19). The molecule has 0 radical (unpaired) electrons. The topological polar surface area (TPSA) is 49.3 Å². The van der Waals surface area contributed by atoms with Gasteiger partial charge < -0.3 is 10.4 Å². The summed E-state index contributed by atoms with van der Waals surface area (Å²) >= 11 is 3.38. The van der Waals surface area contributed by atoms with Crippen molar-refractivity contribution in [2.24, 2.45) is 0 Å². The molecule has 0 aliphatic heterocycles. The largest absolute Gasteiger partial charge is 0.392 e. The van der Waals surface area contributed by atoms with Crippen LogP contribution in [0.3, 0.4) is 0 Å². The average molecular weight is 320 g/mol. The van der Waals surface area contributed by atoms with Crippen molar-refractivity contribution in [1.29, 1.82) is 0 Å². The zero-order chi connectivity index (χ0) is 13.8. The number of halogens is 1. The Balaban J connectivity index is 2.15. The van der Waals surface area contributed by atoms with E-state index in [0.29, 0.717) is 11.3 Å². The van der Waals surface area contributed by atoms with Gasteiger partial charge in [-0.15, -0.1) is 0 Å². The molecule has 4 heteroatoms. The number of aliphatic hydroxyl groups is 1. The lowest BCUT2D eigenvalue weighted by Gasteiger charge is -2.07. The van der Waals surface area contributed by atoms with Gasteiger partial charge in [-0.2, -0.15) is 0 Å². The van der Waals surface area contributed by atoms with Gasteiger partial charge in [0.05, 0.1) is 6.61 Å². The zero-order valence-electron chi connectivity index (χ0n) is 10.5. The van der Waals surface area contributed by atoms with Gasteiger partial charge in [0.25, 0.3) is 5.91 Å². The van der Waals surface area contributed by atoms with E-state index in [0.717, 1.165) is 15.6 Å². The van der Waals surface area contributed by atoms with Crippen molar-refractivity contribution in [2.45, 2.75) is 13.5 Å². The van der Waals surface area contributed by atoms with Crippen LogP contribution < -0.4 is 5.32 Å². The van der Waals surface area contributed by atoms with Crippen molar-refractivity contribution in [2.75, 3.05) is 5.32 Å². The van der Waals surface area contributed by atoms with Crippen LogP contribution in [0.25, 0.3) is 0 Å². The van der Waals surface area contributed by atoms with Gasteiger partial charge in [-0.05, 0) is 48.4 Å². The van der Waals surface area contributed by atoms with E-state index >= 15 is 0 Å². The van der Waals surface area contributed by atoms with Gasteiger partial charge in [0.15, 0.2) is 0 Å². The van der Waals surface area contributed by atoms with Gasteiger partial charge in [-0.3, -0.25) is 4.79 Å². The van der Waals surface area contributed by atoms with E-state index in [2.05, 4.69) is 21.2 Å². The highest BCUT2D eigenvalue weighted by Gasteiger charge is 2.07. The third kappa shape index (κ3) is 3.66. The summed E-state index contributed by atoms with van der Waals surface area (Å²) in [6, 6.07) is 12.7. The normalized spacial score (nSPS) is 10.3. The summed E-state index contributed by atoms with van der Waals surface area (Å²) in [5.74, 6) is -0.152. The Hall–Kier alpha value is -1.65. The summed E-state index contributed by atoms with van der Waals surface area (Å²) < 4.78 is 0.883. The summed E-state index contributed by atoms with van der Waals surface area (Å²) in [6.07, 6.45) is 0. The molecule has 2 rings (SSSR count). The van der Waals surface area contributed by atoms with Crippen molar-refractivity contribution < 1.29 is 9.90 Å². The maximum atomic E-state index is 12.1. The molecule has 0 fully saturated rings. The summed E-state index contributed by atoms with van der Waals surface area (Å²) in [5, 5.41) is 11.8. The number of aliphatic hydroxyl groups excluding tert-OH is 1. The maximum absolute atomic E-state index is 12.1. The maximum Gasteiger partial charge on any atom is 0.255 e. The number of rotatable bonds is 3.